The highest BCUT2D eigenvalue weighted by Gasteiger charge is 2.26. The van der Waals surface area contributed by atoms with Crippen molar-refractivity contribution >= 4 is 35.0 Å². The zero-order valence-corrected chi connectivity index (χ0v) is 15.5. The van der Waals surface area contributed by atoms with Gasteiger partial charge in [0.15, 0.2) is 5.11 Å². The monoisotopic (exact) mass is 372 g/mol. The summed E-state index contributed by atoms with van der Waals surface area (Å²) >= 11 is 5.08. The van der Waals surface area contributed by atoms with Gasteiger partial charge in [0, 0.05) is 29.2 Å². The van der Waals surface area contributed by atoms with Crippen LogP contribution in [-0.4, -0.2) is 15.6 Å². The number of halogens is 1. The van der Waals surface area contributed by atoms with Crippen molar-refractivity contribution in [3.05, 3.63) is 59.2 Å². The van der Waals surface area contributed by atoms with Gasteiger partial charge in [-0.1, -0.05) is 0 Å². The van der Waals surface area contributed by atoms with E-state index in [4.69, 9.17) is 12.2 Å². The Morgan fingerprint density at radius 2 is 1.92 bits per heavy atom. The zero-order chi connectivity index (χ0) is 18.7. The van der Waals surface area contributed by atoms with Gasteiger partial charge >= 0.3 is 0 Å². The predicted molar refractivity (Wildman–Crippen MR) is 105 cm³/mol. The largest absolute Gasteiger partial charge is 0.346 e. The number of aromatic nitrogens is 1. The van der Waals surface area contributed by atoms with E-state index >= 15 is 0 Å². The van der Waals surface area contributed by atoms with Crippen molar-refractivity contribution in [1.82, 2.24) is 15.4 Å². The van der Waals surface area contributed by atoms with Crippen LogP contribution in [-0.2, 0) is 4.79 Å². The third-order valence-corrected chi connectivity index (χ3v) is 4.46. The number of carbonyl (C=O) groups excluding carboxylic acids is 1. The molecule has 26 heavy (non-hydrogen) atoms. The average molecular weight is 372 g/mol. The van der Waals surface area contributed by atoms with Gasteiger partial charge in [-0.3, -0.25) is 15.6 Å². The van der Waals surface area contributed by atoms with Gasteiger partial charge in [-0.05, 0) is 80.9 Å². The normalized spacial score (nSPS) is 13.7. The number of carbonyl (C=O) groups is 1. The third kappa shape index (κ3) is 4.49. The van der Waals surface area contributed by atoms with Crippen molar-refractivity contribution in [2.45, 2.75) is 32.7 Å². The summed E-state index contributed by atoms with van der Waals surface area (Å²) < 4.78 is 15.2. The Kier molecular flexibility index (Phi) is 5.37. The molecule has 0 spiro atoms. The van der Waals surface area contributed by atoms with E-state index in [0.29, 0.717) is 11.7 Å². The number of amides is 1. The maximum atomic E-state index is 12.9. The molecule has 7 heteroatoms. The molecule has 0 unspecified atom stereocenters. The van der Waals surface area contributed by atoms with Crippen LogP contribution < -0.4 is 16.2 Å². The summed E-state index contributed by atoms with van der Waals surface area (Å²) in [6.07, 6.45) is 5.71. The Bertz CT molecular complexity index is 853. The van der Waals surface area contributed by atoms with Gasteiger partial charge in [-0.15, -0.1) is 0 Å². The van der Waals surface area contributed by atoms with Gasteiger partial charge in [0.1, 0.15) is 5.82 Å². The second kappa shape index (κ2) is 7.70. The maximum Gasteiger partial charge on any atom is 0.262 e. The van der Waals surface area contributed by atoms with Crippen molar-refractivity contribution in [2.24, 2.45) is 0 Å². The molecule has 0 atom stereocenters. The summed E-state index contributed by atoms with van der Waals surface area (Å²) in [6.45, 7) is 4.16. The molecule has 0 aliphatic heterocycles. The van der Waals surface area contributed by atoms with E-state index < -0.39 is 0 Å². The number of anilines is 1. The molecule has 1 aliphatic rings. The molecule has 0 bridgehead atoms. The molecule has 3 rings (SSSR count). The number of nitrogens with one attached hydrogen (secondary N) is 3. The Hall–Kier alpha value is -2.67. The van der Waals surface area contributed by atoms with Gasteiger partial charge in [-0.25, -0.2) is 4.39 Å². The smallest absolute Gasteiger partial charge is 0.262 e. The summed E-state index contributed by atoms with van der Waals surface area (Å²) in [5.74, 6) is -0.640. The molecule has 1 heterocycles. The molecule has 0 radical (unpaired) electrons. The van der Waals surface area contributed by atoms with Crippen LogP contribution in [0.1, 0.15) is 35.8 Å². The number of hydrogen-bond acceptors (Lipinski definition) is 2. The lowest BCUT2D eigenvalue weighted by molar-refractivity contribution is -0.116. The molecule has 0 saturated heterocycles. The van der Waals surface area contributed by atoms with Crippen LogP contribution in [0, 0.1) is 19.7 Å². The van der Waals surface area contributed by atoms with Gasteiger partial charge < -0.3 is 9.88 Å². The second-order valence-corrected chi connectivity index (χ2v) is 6.74. The molecule has 2 aromatic rings. The highest BCUT2D eigenvalue weighted by atomic mass is 32.1. The number of aryl methyl sites for hydroxylation is 1. The molecule has 1 amide bonds. The fourth-order valence-electron chi connectivity index (χ4n) is 2.89. The summed E-state index contributed by atoms with van der Waals surface area (Å²) in [4.78, 5) is 12.0. The van der Waals surface area contributed by atoms with E-state index in [2.05, 4.69) is 40.6 Å². The number of rotatable bonds is 4. The van der Waals surface area contributed by atoms with Gasteiger partial charge in [0.05, 0.1) is 0 Å². The van der Waals surface area contributed by atoms with Crippen LogP contribution in [0.15, 0.2) is 36.4 Å². The van der Waals surface area contributed by atoms with Crippen molar-refractivity contribution < 1.29 is 9.18 Å². The van der Waals surface area contributed by atoms with Crippen LogP contribution in [0.5, 0.6) is 0 Å². The molecular weight excluding hydrogens is 351 g/mol. The fraction of sp³-hybridized carbons (Fsp3) is 0.263. The summed E-state index contributed by atoms with van der Waals surface area (Å²) in [7, 11) is 0. The Morgan fingerprint density at radius 1 is 1.23 bits per heavy atom. The quantitative estimate of drug-likeness (QED) is 0.436. The van der Waals surface area contributed by atoms with Gasteiger partial charge in [-0.2, -0.15) is 0 Å². The van der Waals surface area contributed by atoms with E-state index in [1.165, 1.54) is 42.4 Å². The predicted octanol–water partition coefficient (Wildman–Crippen LogP) is 3.61. The molecule has 1 aromatic carbocycles. The Balaban J connectivity index is 1.51. The first-order chi connectivity index (χ1) is 12.4. The van der Waals surface area contributed by atoms with Crippen LogP contribution in [0.4, 0.5) is 10.1 Å². The lowest BCUT2D eigenvalue weighted by atomic mass is 10.2. The Labute approximate surface area is 157 Å². The summed E-state index contributed by atoms with van der Waals surface area (Å²) in [5.41, 5.74) is 9.17. The van der Waals surface area contributed by atoms with E-state index in [1.54, 1.807) is 18.2 Å². The highest BCUT2D eigenvalue weighted by molar-refractivity contribution is 7.80. The molecule has 1 saturated carbocycles. The average Bonchev–Trinajstić information content (AvgIpc) is 3.39. The summed E-state index contributed by atoms with van der Waals surface area (Å²) in [6, 6.07) is 8.46. The molecule has 136 valence electrons. The zero-order valence-electron chi connectivity index (χ0n) is 14.7. The second-order valence-electron chi connectivity index (χ2n) is 6.34. The molecule has 1 fully saturated rings. The van der Waals surface area contributed by atoms with Gasteiger partial charge in [0.2, 0.25) is 0 Å². The van der Waals surface area contributed by atoms with Gasteiger partial charge in [0.25, 0.3) is 5.91 Å². The SMILES string of the molecule is Cc1cc(/C=C/C(=O)NNC(=S)Nc2ccc(F)cc2)c(C)n1C1CC1. The van der Waals surface area contributed by atoms with E-state index in [0.717, 1.165) is 5.56 Å². The highest BCUT2D eigenvalue weighted by Crippen LogP contribution is 2.38. The van der Waals surface area contributed by atoms with Crippen LogP contribution in [0.3, 0.4) is 0 Å². The van der Waals surface area contributed by atoms with Crippen LogP contribution >= 0.6 is 12.2 Å². The van der Waals surface area contributed by atoms with Crippen molar-refractivity contribution in [3.8, 4) is 0 Å². The maximum absolute atomic E-state index is 12.9. The minimum Gasteiger partial charge on any atom is -0.346 e. The summed E-state index contributed by atoms with van der Waals surface area (Å²) in [5, 5.41) is 3.06. The van der Waals surface area contributed by atoms with E-state index in [9.17, 15) is 9.18 Å². The number of hydrogen-bond donors (Lipinski definition) is 3. The molecule has 1 aliphatic carbocycles. The molecule has 5 nitrogen and oxygen atoms in total. The topological polar surface area (TPSA) is 58.1 Å². The van der Waals surface area contributed by atoms with E-state index in [-0.39, 0.29) is 16.8 Å². The molecular formula is C19H21FN4OS. The first-order valence-corrected chi connectivity index (χ1v) is 8.84. The van der Waals surface area contributed by atoms with Crippen molar-refractivity contribution in [3.63, 3.8) is 0 Å². The Morgan fingerprint density at radius 3 is 2.58 bits per heavy atom. The van der Waals surface area contributed by atoms with Crippen LogP contribution in [0.25, 0.3) is 6.08 Å². The number of hydrazine groups is 1. The van der Waals surface area contributed by atoms with Crippen molar-refractivity contribution in [1.29, 1.82) is 0 Å². The first kappa shape index (κ1) is 18.1. The molecule has 3 N–H and O–H groups in total. The standard InChI is InChI=1S/C19H21FN4OS/c1-12-11-14(13(2)24(12)17-8-9-17)3-10-18(25)22-23-19(26)21-16-6-4-15(20)5-7-16/h3-7,10-11,17H,8-9H2,1-2H3,(H,22,25)(H2,21,23,26)/b10-3+. The third-order valence-electron chi connectivity index (χ3n) is 4.25. The lowest BCUT2D eigenvalue weighted by Crippen LogP contribution is -2.43. The lowest BCUT2D eigenvalue weighted by Gasteiger charge is -2.10. The molecule has 1 aromatic heterocycles. The van der Waals surface area contributed by atoms with E-state index in [1.807, 2.05) is 0 Å². The first-order valence-electron chi connectivity index (χ1n) is 8.43. The minimum atomic E-state index is -0.325. The van der Waals surface area contributed by atoms with Crippen molar-refractivity contribution in [2.75, 3.05) is 5.32 Å². The number of benzene rings is 1. The van der Waals surface area contributed by atoms with Crippen LogP contribution in [0.2, 0.25) is 0 Å². The number of thiocarbonyl (C=S) groups is 1. The fourth-order valence-corrected chi connectivity index (χ4v) is 3.06. The minimum absolute atomic E-state index is 0.213. The number of nitrogens with zero attached hydrogens (tertiary/aromatic N) is 1.